The van der Waals surface area contributed by atoms with Crippen LogP contribution in [0.1, 0.15) is 36.1 Å². The van der Waals surface area contributed by atoms with Crippen molar-refractivity contribution in [3.63, 3.8) is 0 Å². The van der Waals surface area contributed by atoms with Gasteiger partial charge < -0.3 is 0 Å². The maximum Gasteiger partial charge on any atom is -0.0111 e. The Kier molecular flexibility index (Phi) is 3.86. The smallest absolute Gasteiger partial charge is 0.0111 e. The number of aryl methyl sites for hydroxylation is 2. The fraction of sp³-hybridized carbons (Fsp3) is 0.333. The van der Waals surface area contributed by atoms with E-state index in [9.17, 15) is 0 Å². The van der Waals surface area contributed by atoms with Crippen LogP contribution in [0.4, 0.5) is 0 Å². The SMILES string of the molecule is CCc1[c]c(C)c(CC)c(-c2ccccc2)c1C. The molecule has 0 N–H and O–H groups in total. The van der Waals surface area contributed by atoms with Crippen LogP contribution < -0.4 is 0 Å². The third kappa shape index (κ3) is 2.20. The highest BCUT2D eigenvalue weighted by Crippen LogP contribution is 2.32. The van der Waals surface area contributed by atoms with Crippen molar-refractivity contribution in [2.24, 2.45) is 0 Å². The second kappa shape index (κ2) is 5.39. The van der Waals surface area contributed by atoms with Gasteiger partial charge in [0.1, 0.15) is 0 Å². The summed E-state index contributed by atoms with van der Waals surface area (Å²) in [6, 6.07) is 14.3. The molecule has 0 aromatic heterocycles. The highest BCUT2D eigenvalue weighted by atomic mass is 14.2. The van der Waals surface area contributed by atoms with Crippen LogP contribution in [-0.2, 0) is 12.8 Å². The third-order valence-electron chi connectivity index (χ3n) is 3.69. The molecular weight excluding hydrogens is 216 g/mol. The Hall–Kier alpha value is -1.56. The summed E-state index contributed by atoms with van der Waals surface area (Å²) in [5, 5.41) is 0. The van der Waals surface area contributed by atoms with E-state index in [0.29, 0.717) is 0 Å². The molecule has 2 aromatic carbocycles. The van der Waals surface area contributed by atoms with E-state index >= 15 is 0 Å². The molecule has 93 valence electrons. The van der Waals surface area contributed by atoms with Crippen LogP contribution in [0, 0.1) is 19.9 Å². The van der Waals surface area contributed by atoms with Crippen molar-refractivity contribution in [3.05, 3.63) is 58.7 Å². The zero-order chi connectivity index (χ0) is 13.1. The van der Waals surface area contributed by atoms with Gasteiger partial charge in [-0.3, -0.25) is 0 Å². The number of benzene rings is 2. The first-order valence-electron chi connectivity index (χ1n) is 6.78. The fourth-order valence-electron chi connectivity index (χ4n) is 2.75. The minimum atomic E-state index is 1.05. The van der Waals surface area contributed by atoms with Gasteiger partial charge >= 0.3 is 0 Å². The molecule has 0 saturated carbocycles. The summed E-state index contributed by atoms with van der Waals surface area (Å²) in [4.78, 5) is 0. The lowest BCUT2D eigenvalue weighted by molar-refractivity contribution is 1.05. The lowest BCUT2D eigenvalue weighted by Crippen LogP contribution is -2.00. The maximum atomic E-state index is 3.55. The standard InChI is InChI=1S/C18H21/c1-5-15-12-13(3)17(6-2)18(14(15)4)16-10-8-7-9-11-16/h7-11H,5-6H2,1-4H3. The predicted octanol–water partition coefficient (Wildman–Crippen LogP) is 4.90. The zero-order valence-electron chi connectivity index (χ0n) is 11.8. The van der Waals surface area contributed by atoms with Gasteiger partial charge in [-0.05, 0) is 66.1 Å². The molecule has 0 aliphatic carbocycles. The van der Waals surface area contributed by atoms with Crippen molar-refractivity contribution >= 4 is 0 Å². The van der Waals surface area contributed by atoms with E-state index in [1.54, 1.807) is 0 Å². The van der Waals surface area contributed by atoms with E-state index in [4.69, 9.17) is 0 Å². The average molecular weight is 237 g/mol. The van der Waals surface area contributed by atoms with Gasteiger partial charge in [-0.2, -0.15) is 0 Å². The summed E-state index contributed by atoms with van der Waals surface area (Å²) in [5.74, 6) is 0. The van der Waals surface area contributed by atoms with Crippen LogP contribution in [0.15, 0.2) is 30.3 Å². The molecule has 0 fully saturated rings. The normalized spacial score (nSPS) is 10.7. The van der Waals surface area contributed by atoms with Crippen molar-refractivity contribution in [2.45, 2.75) is 40.5 Å². The molecular formula is C18H21. The van der Waals surface area contributed by atoms with Gasteiger partial charge in [0.05, 0.1) is 0 Å². The number of hydrogen-bond acceptors (Lipinski definition) is 0. The molecule has 0 unspecified atom stereocenters. The van der Waals surface area contributed by atoms with E-state index in [0.717, 1.165) is 12.8 Å². The Bertz CT molecular complexity index is 536. The molecule has 0 heterocycles. The summed E-state index contributed by atoms with van der Waals surface area (Å²) < 4.78 is 0. The molecule has 18 heavy (non-hydrogen) atoms. The summed E-state index contributed by atoms with van der Waals surface area (Å²) >= 11 is 0. The lowest BCUT2D eigenvalue weighted by Gasteiger charge is -2.18. The molecule has 0 spiro atoms. The largest absolute Gasteiger partial charge is 0.0622 e. The molecule has 0 saturated heterocycles. The molecule has 1 radical (unpaired) electrons. The second-order valence-electron chi connectivity index (χ2n) is 4.78. The van der Waals surface area contributed by atoms with E-state index in [2.05, 4.69) is 64.1 Å². The monoisotopic (exact) mass is 237 g/mol. The Labute approximate surface area is 111 Å². The van der Waals surface area contributed by atoms with Crippen LogP contribution in [0.5, 0.6) is 0 Å². The Balaban J connectivity index is 2.75. The van der Waals surface area contributed by atoms with Gasteiger partial charge in [0.15, 0.2) is 0 Å². The van der Waals surface area contributed by atoms with Crippen molar-refractivity contribution in [2.75, 3.05) is 0 Å². The molecule has 0 aliphatic heterocycles. The fourth-order valence-corrected chi connectivity index (χ4v) is 2.75. The first-order chi connectivity index (χ1) is 8.69. The Morgan fingerprint density at radius 2 is 1.61 bits per heavy atom. The van der Waals surface area contributed by atoms with Crippen LogP contribution in [0.25, 0.3) is 11.1 Å². The van der Waals surface area contributed by atoms with Crippen molar-refractivity contribution in [1.29, 1.82) is 0 Å². The highest BCUT2D eigenvalue weighted by molar-refractivity contribution is 5.73. The Morgan fingerprint density at radius 1 is 0.944 bits per heavy atom. The first kappa shape index (κ1) is 12.9. The van der Waals surface area contributed by atoms with Gasteiger partial charge in [-0.25, -0.2) is 0 Å². The van der Waals surface area contributed by atoms with Gasteiger partial charge in [0.2, 0.25) is 0 Å². The molecule has 0 amide bonds. The quantitative estimate of drug-likeness (QED) is 0.712. The maximum absolute atomic E-state index is 3.55. The molecule has 0 aliphatic rings. The van der Waals surface area contributed by atoms with Gasteiger partial charge in [-0.1, -0.05) is 44.2 Å². The molecule has 0 nitrogen and oxygen atoms in total. The van der Waals surface area contributed by atoms with E-state index in [-0.39, 0.29) is 0 Å². The Morgan fingerprint density at radius 3 is 2.17 bits per heavy atom. The van der Waals surface area contributed by atoms with Gasteiger partial charge in [0.25, 0.3) is 0 Å². The van der Waals surface area contributed by atoms with Crippen molar-refractivity contribution < 1.29 is 0 Å². The topological polar surface area (TPSA) is 0 Å². The zero-order valence-corrected chi connectivity index (χ0v) is 11.8. The number of hydrogen-bond donors (Lipinski definition) is 0. The summed E-state index contributed by atoms with van der Waals surface area (Å²) in [7, 11) is 0. The van der Waals surface area contributed by atoms with E-state index in [1.807, 2.05) is 0 Å². The molecule has 0 atom stereocenters. The van der Waals surface area contributed by atoms with E-state index in [1.165, 1.54) is 33.4 Å². The summed E-state index contributed by atoms with van der Waals surface area (Å²) in [6.45, 7) is 8.85. The highest BCUT2D eigenvalue weighted by Gasteiger charge is 2.13. The van der Waals surface area contributed by atoms with Crippen LogP contribution in [0.2, 0.25) is 0 Å². The predicted molar refractivity (Wildman–Crippen MR) is 78.9 cm³/mol. The van der Waals surface area contributed by atoms with E-state index < -0.39 is 0 Å². The molecule has 0 heteroatoms. The van der Waals surface area contributed by atoms with Crippen LogP contribution in [-0.4, -0.2) is 0 Å². The van der Waals surface area contributed by atoms with Gasteiger partial charge in [0, 0.05) is 0 Å². The number of rotatable bonds is 3. The average Bonchev–Trinajstić information content (AvgIpc) is 2.41. The first-order valence-corrected chi connectivity index (χ1v) is 6.78. The molecule has 2 aromatic rings. The van der Waals surface area contributed by atoms with Gasteiger partial charge in [-0.15, -0.1) is 0 Å². The van der Waals surface area contributed by atoms with Crippen molar-refractivity contribution in [3.8, 4) is 11.1 Å². The third-order valence-corrected chi connectivity index (χ3v) is 3.69. The van der Waals surface area contributed by atoms with Crippen molar-refractivity contribution in [1.82, 2.24) is 0 Å². The molecule has 2 rings (SSSR count). The lowest BCUT2D eigenvalue weighted by atomic mass is 9.87. The summed E-state index contributed by atoms with van der Waals surface area (Å²) in [5.41, 5.74) is 8.24. The molecule has 0 bridgehead atoms. The summed E-state index contributed by atoms with van der Waals surface area (Å²) in [6.07, 6.45) is 2.12. The minimum absolute atomic E-state index is 1.05. The van der Waals surface area contributed by atoms with Crippen LogP contribution in [0.3, 0.4) is 0 Å². The van der Waals surface area contributed by atoms with Crippen LogP contribution >= 0.6 is 0 Å². The second-order valence-corrected chi connectivity index (χ2v) is 4.78. The minimum Gasteiger partial charge on any atom is -0.0622 e.